The zero-order chi connectivity index (χ0) is 10.3. The van der Waals surface area contributed by atoms with Crippen LogP contribution in [0.4, 0.5) is 0 Å². The minimum atomic E-state index is 0.211. The first kappa shape index (κ1) is 8.90. The third-order valence-electron chi connectivity index (χ3n) is 3.86. The van der Waals surface area contributed by atoms with E-state index in [2.05, 4.69) is 36.4 Å². The summed E-state index contributed by atoms with van der Waals surface area (Å²) in [4.78, 5) is 11.1. The first-order valence-corrected chi connectivity index (χ1v) is 5.58. The van der Waals surface area contributed by atoms with Crippen molar-refractivity contribution >= 4 is 6.29 Å². The fourth-order valence-electron chi connectivity index (χ4n) is 3.19. The third kappa shape index (κ3) is 1.26. The largest absolute Gasteiger partial charge is 0.303 e. The van der Waals surface area contributed by atoms with Crippen LogP contribution in [0.5, 0.6) is 0 Å². The van der Waals surface area contributed by atoms with Crippen LogP contribution in [0.25, 0.3) is 0 Å². The predicted molar refractivity (Wildman–Crippen MR) is 59.5 cm³/mol. The lowest BCUT2D eigenvalue weighted by Crippen LogP contribution is -2.18. The molecule has 3 rings (SSSR count). The lowest BCUT2D eigenvalue weighted by molar-refractivity contribution is -0.112. The number of allylic oxidation sites excluding steroid dienone is 2. The summed E-state index contributed by atoms with van der Waals surface area (Å²) in [5.41, 5.74) is 1.33. The van der Waals surface area contributed by atoms with Crippen LogP contribution in [0.15, 0.2) is 42.5 Å². The van der Waals surface area contributed by atoms with Gasteiger partial charge in [0.2, 0.25) is 0 Å². The van der Waals surface area contributed by atoms with Gasteiger partial charge in [-0.1, -0.05) is 42.5 Å². The van der Waals surface area contributed by atoms with E-state index >= 15 is 0 Å². The van der Waals surface area contributed by atoms with Gasteiger partial charge < -0.3 is 4.79 Å². The van der Waals surface area contributed by atoms with E-state index in [9.17, 15) is 4.79 Å². The van der Waals surface area contributed by atoms with E-state index < -0.39 is 0 Å². The Morgan fingerprint density at radius 1 is 1.07 bits per heavy atom. The SMILES string of the molecule is O=CC1C(c2ccccc2)[C@@H]2C=C[C@H]1C2. The number of hydrogen-bond acceptors (Lipinski definition) is 1. The van der Waals surface area contributed by atoms with Gasteiger partial charge in [-0.15, -0.1) is 0 Å². The van der Waals surface area contributed by atoms with Gasteiger partial charge in [-0.3, -0.25) is 0 Å². The Balaban J connectivity index is 1.99. The molecule has 1 aromatic carbocycles. The van der Waals surface area contributed by atoms with Crippen LogP contribution in [0.3, 0.4) is 0 Å². The molecule has 2 bridgehead atoms. The Bertz CT molecular complexity index is 393. The Hall–Kier alpha value is -1.37. The monoisotopic (exact) mass is 198 g/mol. The van der Waals surface area contributed by atoms with Gasteiger partial charge in [-0.05, 0) is 23.8 Å². The van der Waals surface area contributed by atoms with E-state index in [-0.39, 0.29) is 5.92 Å². The highest BCUT2D eigenvalue weighted by Crippen LogP contribution is 2.51. The van der Waals surface area contributed by atoms with Gasteiger partial charge in [0.05, 0.1) is 0 Å². The molecule has 1 saturated carbocycles. The highest BCUT2D eigenvalue weighted by molar-refractivity contribution is 5.59. The summed E-state index contributed by atoms with van der Waals surface area (Å²) in [6, 6.07) is 10.5. The molecule has 2 aliphatic carbocycles. The van der Waals surface area contributed by atoms with Crippen LogP contribution in [0.2, 0.25) is 0 Å². The standard InChI is InChI=1S/C14H14O/c15-9-13-11-6-7-12(8-11)14(13)10-4-2-1-3-5-10/h1-7,9,11-14H,8H2/t11-,12+,13?,14?/m0/s1. The molecule has 1 aromatic rings. The predicted octanol–water partition coefficient (Wildman–Crippen LogP) is 2.79. The normalized spacial score (nSPS) is 37.1. The van der Waals surface area contributed by atoms with Crippen LogP contribution in [-0.2, 0) is 4.79 Å². The van der Waals surface area contributed by atoms with Gasteiger partial charge in [-0.25, -0.2) is 0 Å². The molecule has 0 spiro atoms. The second-order valence-electron chi connectivity index (χ2n) is 4.60. The van der Waals surface area contributed by atoms with Gasteiger partial charge in [-0.2, -0.15) is 0 Å². The molecule has 4 atom stereocenters. The second kappa shape index (κ2) is 3.34. The van der Waals surface area contributed by atoms with Crippen LogP contribution in [0, 0.1) is 17.8 Å². The van der Waals surface area contributed by atoms with Crippen molar-refractivity contribution in [3.05, 3.63) is 48.0 Å². The van der Waals surface area contributed by atoms with Gasteiger partial charge in [0, 0.05) is 11.8 Å². The maximum Gasteiger partial charge on any atom is 0.124 e. The van der Waals surface area contributed by atoms with Crippen molar-refractivity contribution in [3.63, 3.8) is 0 Å². The molecule has 15 heavy (non-hydrogen) atoms. The van der Waals surface area contributed by atoms with Crippen molar-refractivity contribution in [2.75, 3.05) is 0 Å². The molecule has 76 valence electrons. The summed E-state index contributed by atoms with van der Waals surface area (Å²) < 4.78 is 0. The molecule has 1 heteroatoms. The summed E-state index contributed by atoms with van der Waals surface area (Å²) >= 11 is 0. The first-order chi connectivity index (χ1) is 7.40. The van der Waals surface area contributed by atoms with Crippen molar-refractivity contribution in [1.82, 2.24) is 0 Å². The van der Waals surface area contributed by atoms with E-state index in [0.717, 1.165) is 6.29 Å². The topological polar surface area (TPSA) is 17.1 Å². The van der Waals surface area contributed by atoms with Crippen molar-refractivity contribution < 1.29 is 4.79 Å². The lowest BCUT2D eigenvalue weighted by Gasteiger charge is -2.24. The number of carbonyl (C=O) groups is 1. The summed E-state index contributed by atoms with van der Waals surface area (Å²) in [5, 5.41) is 0. The Kier molecular flexibility index (Phi) is 1.98. The van der Waals surface area contributed by atoms with Crippen molar-refractivity contribution in [2.45, 2.75) is 12.3 Å². The highest BCUT2D eigenvalue weighted by Gasteiger charge is 2.44. The second-order valence-corrected chi connectivity index (χ2v) is 4.60. The van der Waals surface area contributed by atoms with Crippen molar-refractivity contribution in [1.29, 1.82) is 0 Å². The summed E-state index contributed by atoms with van der Waals surface area (Å²) in [5.74, 6) is 1.73. The number of carbonyl (C=O) groups excluding carboxylic acids is 1. The Labute approximate surface area is 89.8 Å². The molecule has 0 N–H and O–H groups in total. The molecular weight excluding hydrogens is 184 g/mol. The maximum absolute atomic E-state index is 11.1. The molecule has 0 radical (unpaired) electrons. The average molecular weight is 198 g/mol. The number of hydrogen-bond donors (Lipinski definition) is 0. The van der Waals surface area contributed by atoms with Crippen LogP contribution in [0.1, 0.15) is 17.9 Å². The summed E-state index contributed by atoms with van der Waals surface area (Å²) in [7, 11) is 0. The van der Waals surface area contributed by atoms with Crippen LogP contribution < -0.4 is 0 Å². The molecule has 0 heterocycles. The van der Waals surface area contributed by atoms with Crippen molar-refractivity contribution in [2.24, 2.45) is 17.8 Å². The Morgan fingerprint density at radius 2 is 1.80 bits per heavy atom. The van der Waals surface area contributed by atoms with Gasteiger partial charge in [0.15, 0.2) is 0 Å². The fraction of sp³-hybridized carbons (Fsp3) is 0.357. The molecule has 1 fully saturated rings. The lowest BCUT2D eigenvalue weighted by atomic mass is 9.79. The van der Waals surface area contributed by atoms with Gasteiger partial charge >= 0.3 is 0 Å². The minimum absolute atomic E-state index is 0.211. The number of benzene rings is 1. The number of aldehydes is 1. The van der Waals surface area contributed by atoms with Crippen molar-refractivity contribution in [3.8, 4) is 0 Å². The van der Waals surface area contributed by atoms with Crippen LogP contribution >= 0.6 is 0 Å². The minimum Gasteiger partial charge on any atom is -0.303 e. The van der Waals surface area contributed by atoms with E-state index in [1.807, 2.05) is 6.07 Å². The molecule has 1 nitrogen and oxygen atoms in total. The average Bonchev–Trinajstić information content (AvgIpc) is 2.89. The van der Waals surface area contributed by atoms with E-state index in [4.69, 9.17) is 0 Å². The smallest absolute Gasteiger partial charge is 0.124 e. The quantitative estimate of drug-likeness (QED) is 0.527. The molecular formula is C14H14O. The number of fused-ring (bicyclic) bond motifs is 2. The van der Waals surface area contributed by atoms with E-state index in [0.29, 0.717) is 17.8 Å². The first-order valence-electron chi connectivity index (χ1n) is 5.58. The molecule has 0 amide bonds. The van der Waals surface area contributed by atoms with Gasteiger partial charge in [0.1, 0.15) is 6.29 Å². The molecule has 0 aromatic heterocycles. The summed E-state index contributed by atoms with van der Waals surface area (Å²) in [6.45, 7) is 0. The third-order valence-corrected chi connectivity index (χ3v) is 3.86. The van der Waals surface area contributed by atoms with E-state index in [1.54, 1.807) is 0 Å². The molecule has 0 aliphatic heterocycles. The van der Waals surface area contributed by atoms with E-state index in [1.165, 1.54) is 12.0 Å². The molecule has 0 saturated heterocycles. The van der Waals surface area contributed by atoms with Gasteiger partial charge in [0.25, 0.3) is 0 Å². The number of rotatable bonds is 2. The summed E-state index contributed by atoms with van der Waals surface area (Å²) in [6.07, 6.45) is 6.85. The molecule has 2 aliphatic rings. The highest BCUT2D eigenvalue weighted by atomic mass is 16.1. The zero-order valence-electron chi connectivity index (χ0n) is 8.54. The fourth-order valence-corrected chi connectivity index (χ4v) is 3.19. The molecule has 2 unspecified atom stereocenters. The Morgan fingerprint density at radius 3 is 2.53 bits per heavy atom. The maximum atomic E-state index is 11.1. The zero-order valence-corrected chi connectivity index (χ0v) is 8.54. The van der Waals surface area contributed by atoms with Crippen LogP contribution in [-0.4, -0.2) is 6.29 Å².